The van der Waals surface area contributed by atoms with Crippen molar-refractivity contribution in [2.45, 2.75) is 17.2 Å². The zero-order valence-electron chi connectivity index (χ0n) is 14.2. The number of hydrogen-bond acceptors (Lipinski definition) is 5. The highest BCUT2D eigenvalue weighted by molar-refractivity contribution is 9.10. The van der Waals surface area contributed by atoms with Crippen molar-refractivity contribution in [3.05, 3.63) is 51.7 Å². The average molecular weight is 456 g/mol. The van der Waals surface area contributed by atoms with Gasteiger partial charge in [-0.15, -0.1) is 0 Å². The van der Waals surface area contributed by atoms with Gasteiger partial charge >= 0.3 is 5.97 Å². The van der Waals surface area contributed by atoms with Crippen molar-refractivity contribution in [2.75, 3.05) is 18.4 Å². The Balaban J connectivity index is 1.78. The van der Waals surface area contributed by atoms with E-state index < -0.39 is 21.8 Å². The molecule has 4 rings (SSSR count). The van der Waals surface area contributed by atoms with Crippen LogP contribution in [0.15, 0.2) is 39.7 Å². The maximum absolute atomic E-state index is 13.3. The predicted octanol–water partition coefficient (Wildman–Crippen LogP) is 3.67. The number of ether oxygens (including phenoxy) is 2. The number of fused-ring (bicyclic) bond motifs is 3. The number of halogens is 2. The van der Waals surface area contributed by atoms with E-state index in [0.717, 1.165) is 30.2 Å². The largest absolute Gasteiger partial charge is 0.492 e. The van der Waals surface area contributed by atoms with Gasteiger partial charge in [-0.25, -0.2) is 17.6 Å². The van der Waals surface area contributed by atoms with E-state index in [0.29, 0.717) is 24.2 Å². The predicted molar refractivity (Wildman–Crippen MR) is 99.0 cm³/mol. The maximum atomic E-state index is 13.3. The number of sulfonamides is 1. The highest BCUT2D eigenvalue weighted by Crippen LogP contribution is 2.55. The van der Waals surface area contributed by atoms with Crippen molar-refractivity contribution in [2.24, 2.45) is 5.92 Å². The zero-order chi connectivity index (χ0) is 19.3. The molecule has 0 bridgehead atoms. The quantitative estimate of drug-likeness (QED) is 0.711. The number of esters is 1. The first-order chi connectivity index (χ1) is 12.8. The Hall–Kier alpha value is -2.13. The molecule has 1 aliphatic heterocycles. The molecule has 1 saturated carbocycles. The molecule has 1 heterocycles. The minimum absolute atomic E-state index is 0.0437. The first-order valence-electron chi connectivity index (χ1n) is 8.17. The molecule has 0 amide bonds. The van der Waals surface area contributed by atoms with Crippen LogP contribution in [-0.4, -0.2) is 28.1 Å². The molecule has 0 unspecified atom stereocenters. The van der Waals surface area contributed by atoms with Gasteiger partial charge in [-0.3, -0.25) is 4.72 Å². The SMILES string of the molecule is COC(=O)c1c(NS(=O)(=O)c2ccc(F)cc2Br)ccc2c1OC[C@@H]1C[C@H]21. The van der Waals surface area contributed by atoms with E-state index in [1.165, 1.54) is 13.2 Å². The number of rotatable bonds is 4. The van der Waals surface area contributed by atoms with Gasteiger partial charge < -0.3 is 9.47 Å². The first-order valence-corrected chi connectivity index (χ1v) is 10.5. The fourth-order valence-corrected chi connectivity index (χ4v) is 5.45. The second kappa shape index (κ2) is 6.49. The molecule has 0 spiro atoms. The third-order valence-corrected chi connectivity index (χ3v) is 7.11. The molecule has 2 atom stereocenters. The van der Waals surface area contributed by atoms with E-state index in [4.69, 9.17) is 9.47 Å². The molecule has 142 valence electrons. The van der Waals surface area contributed by atoms with Gasteiger partial charge in [0.1, 0.15) is 22.0 Å². The Labute approximate surface area is 163 Å². The van der Waals surface area contributed by atoms with Crippen molar-refractivity contribution < 1.29 is 27.1 Å². The minimum atomic E-state index is -4.08. The number of carbonyl (C=O) groups excluding carboxylic acids is 1. The molecule has 0 aromatic heterocycles. The van der Waals surface area contributed by atoms with Crippen LogP contribution in [0.5, 0.6) is 5.75 Å². The van der Waals surface area contributed by atoms with Gasteiger partial charge in [-0.05, 0) is 58.1 Å². The Kier molecular flexibility index (Phi) is 4.38. The van der Waals surface area contributed by atoms with Crippen LogP contribution in [0.3, 0.4) is 0 Å². The smallest absolute Gasteiger partial charge is 0.343 e. The fourth-order valence-electron chi connectivity index (χ4n) is 3.33. The summed E-state index contributed by atoms with van der Waals surface area (Å²) in [6.45, 7) is 0.487. The van der Waals surface area contributed by atoms with E-state index in [2.05, 4.69) is 20.7 Å². The summed E-state index contributed by atoms with van der Waals surface area (Å²) in [4.78, 5) is 12.2. The number of benzene rings is 2. The van der Waals surface area contributed by atoms with Crippen LogP contribution >= 0.6 is 15.9 Å². The standard InChI is InChI=1S/C18H15BrFNO5S/c1-25-18(22)16-14(4-3-11-12-6-9(12)8-26-17(11)16)21-27(23,24)15-5-2-10(20)7-13(15)19/h2-5,7,9,12,21H,6,8H2,1H3/t9-,12-/m0/s1. The lowest BCUT2D eigenvalue weighted by molar-refractivity contribution is 0.0596. The van der Waals surface area contributed by atoms with Crippen LogP contribution in [0.1, 0.15) is 28.3 Å². The molecule has 1 fully saturated rings. The number of hydrogen-bond donors (Lipinski definition) is 1. The summed E-state index contributed by atoms with van der Waals surface area (Å²) in [5.74, 6) is -0.132. The van der Waals surface area contributed by atoms with Gasteiger partial charge in [0.15, 0.2) is 0 Å². The van der Waals surface area contributed by atoms with Crippen LogP contribution in [0.2, 0.25) is 0 Å². The van der Waals surface area contributed by atoms with Crippen molar-refractivity contribution in [3.8, 4) is 5.75 Å². The molecule has 0 radical (unpaired) electrons. The second-order valence-electron chi connectivity index (χ2n) is 6.49. The monoisotopic (exact) mass is 455 g/mol. The van der Waals surface area contributed by atoms with Crippen LogP contribution in [0.4, 0.5) is 10.1 Å². The van der Waals surface area contributed by atoms with Crippen molar-refractivity contribution in [1.82, 2.24) is 0 Å². The summed E-state index contributed by atoms with van der Waals surface area (Å²) in [6.07, 6.45) is 0.987. The number of methoxy groups -OCH3 is 1. The molecule has 27 heavy (non-hydrogen) atoms. The Morgan fingerprint density at radius 2 is 2.11 bits per heavy atom. The molecule has 2 aromatic rings. The van der Waals surface area contributed by atoms with Gasteiger partial charge in [0.2, 0.25) is 0 Å². The van der Waals surface area contributed by atoms with Crippen LogP contribution < -0.4 is 9.46 Å². The summed E-state index contributed by atoms with van der Waals surface area (Å²) < 4.78 is 51.9. The third kappa shape index (κ3) is 3.19. The first kappa shape index (κ1) is 18.2. The van der Waals surface area contributed by atoms with Crippen LogP contribution in [-0.2, 0) is 14.8 Å². The van der Waals surface area contributed by atoms with Crippen LogP contribution in [0.25, 0.3) is 0 Å². The Morgan fingerprint density at radius 3 is 2.81 bits per heavy atom. The lowest BCUT2D eigenvalue weighted by Gasteiger charge is -2.22. The topological polar surface area (TPSA) is 81.7 Å². The average Bonchev–Trinajstić information content (AvgIpc) is 3.40. The summed E-state index contributed by atoms with van der Waals surface area (Å²) in [6, 6.07) is 6.54. The van der Waals surface area contributed by atoms with E-state index >= 15 is 0 Å². The van der Waals surface area contributed by atoms with E-state index in [-0.39, 0.29) is 20.6 Å². The molecule has 2 aromatic carbocycles. The Morgan fingerprint density at radius 1 is 1.33 bits per heavy atom. The second-order valence-corrected chi connectivity index (χ2v) is 9.00. The number of anilines is 1. The molecule has 0 saturated heterocycles. The lowest BCUT2D eigenvalue weighted by atomic mass is 10.0. The van der Waals surface area contributed by atoms with Gasteiger partial charge in [0, 0.05) is 10.4 Å². The minimum Gasteiger partial charge on any atom is -0.492 e. The van der Waals surface area contributed by atoms with Crippen molar-refractivity contribution >= 4 is 37.6 Å². The van der Waals surface area contributed by atoms with Crippen LogP contribution in [0, 0.1) is 11.7 Å². The summed E-state index contributed by atoms with van der Waals surface area (Å²) in [5.41, 5.74) is 0.982. The summed E-state index contributed by atoms with van der Waals surface area (Å²) >= 11 is 3.06. The highest BCUT2D eigenvalue weighted by atomic mass is 79.9. The molecular formula is C18H15BrFNO5S. The number of carbonyl (C=O) groups is 1. The summed E-state index contributed by atoms with van der Waals surface area (Å²) in [5, 5.41) is 0. The highest BCUT2D eigenvalue weighted by Gasteiger charge is 2.45. The maximum Gasteiger partial charge on any atom is 0.343 e. The zero-order valence-corrected chi connectivity index (χ0v) is 16.6. The van der Waals surface area contributed by atoms with Gasteiger partial charge in [0.25, 0.3) is 10.0 Å². The third-order valence-electron chi connectivity index (χ3n) is 4.77. The molecule has 9 heteroatoms. The van der Waals surface area contributed by atoms with Crippen molar-refractivity contribution in [3.63, 3.8) is 0 Å². The van der Waals surface area contributed by atoms with E-state index in [1.54, 1.807) is 6.07 Å². The van der Waals surface area contributed by atoms with Gasteiger partial charge in [-0.1, -0.05) is 6.07 Å². The van der Waals surface area contributed by atoms with E-state index in [9.17, 15) is 17.6 Å². The van der Waals surface area contributed by atoms with Gasteiger partial charge in [-0.2, -0.15) is 0 Å². The Bertz CT molecular complexity index is 1060. The molecule has 1 aliphatic carbocycles. The van der Waals surface area contributed by atoms with Crippen molar-refractivity contribution in [1.29, 1.82) is 0 Å². The fraction of sp³-hybridized carbons (Fsp3) is 0.278. The molecule has 2 aliphatic rings. The molecule has 6 nitrogen and oxygen atoms in total. The number of nitrogens with one attached hydrogen (secondary N) is 1. The normalized spacial score (nSPS) is 20.1. The summed E-state index contributed by atoms with van der Waals surface area (Å²) in [7, 11) is -2.86. The molecule has 1 N–H and O–H groups in total. The molecular weight excluding hydrogens is 441 g/mol. The van der Waals surface area contributed by atoms with Gasteiger partial charge in [0.05, 0.1) is 19.4 Å². The lowest BCUT2D eigenvalue weighted by Crippen LogP contribution is -2.19. The van der Waals surface area contributed by atoms with E-state index in [1.807, 2.05) is 0 Å².